The molecule has 1 amide bonds. The molecule has 0 aliphatic heterocycles. The lowest BCUT2D eigenvalue weighted by Gasteiger charge is -2.26. The summed E-state index contributed by atoms with van der Waals surface area (Å²) < 4.78 is 32.7. The van der Waals surface area contributed by atoms with E-state index in [1.165, 1.54) is 22.9 Å². The van der Waals surface area contributed by atoms with Crippen LogP contribution in [0.5, 0.6) is 0 Å². The zero-order chi connectivity index (χ0) is 29.8. The molecule has 42 heavy (non-hydrogen) atoms. The number of rotatable bonds is 7. The molecule has 0 saturated heterocycles. The molecule has 9 nitrogen and oxygen atoms in total. The molecule has 3 saturated carbocycles. The quantitative estimate of drug-likeness (QED) is 0.313. The van der Waals surface area contributed by atoms with Gasteiger partial charge >= 0.3 is 0 Å². The maximum absolute atomic E-state index is 16.0. The van der Waals surface area contributed by atoms with E-state index in [0.29, 0.717) is 74.1 Å². The van der Waals surface area contributed by atoms with E-state index in [2.05, 4.69) is 15.4 Å². The summed E-state index contributed by atoms with van der Waals surface area (Å²) in [5.74, 6) is -1.39. The van der Waals surface area contributed by atoms with E-state index >= 15 is 4.39 Å². The van der Waals surface area contributed by atoms with Crippen LogP contribution in [0.4, 0.5) is 14.5 Å². The van der Waals surface area contributed by atoms with Crippen molar-refractivity contribution in [2.45, 2.75) is 81.5 Å². The van der Waals surface area contributed by atoms with Crippen LogP contribution in [0.2, 0.25) is 5.02 Å². The molecule has 2 aromatic heterocycles. The predicted molar refractivity (Wildman–Crippen MR) is 151 cm³/mol. The molecule has 2 atom stereocenters. The number of benzene rings is 1. The van der Waals surface area contributed by atoms with Crippen molar-refractivity contribution >= 4 is 23.2 Å². The van der Waals surface area contributed by atoms with Gasteiger partial charge in [-0.25, -0.2) is 13.8 Å². The van der Waals surface area contributed by atoms with Gasteiger partial charge in [-0.3, -0.25) is 9.48 Å². The molecular weight excluding hydrogens is 568 g/mol. The summed E-state index contributed by atoms with van der Waals surface area (Å²) in [6.07, 6.45) is 5.76. The van der Waals surface area contributed by atoms with Crippen LogP contribution in [0.1, 0.15) is 90.8 Å². The minimum Gasteiger partial charge on any atom is -0.394 e. The summed E-state index contributed by atoms with van der Waals surface area (Å²) in [5.41, 5.74) is 0.506. The molecule has 0 spiro atoms. The Bertz CT molecular complexity index is 1470. The Hall–Kier alpha value is -2.86. The molecule has 226 valence electrons. The zero-order valence-electron chi connectivity index (χ0n) is 23.4. The number of aliphatic hydroxyl groups excluding tert-OH is 2. The average Bonchev–Trinajstić information content (AvgIpc) is 3.67. The molecule has 1 aromatic carbocycles. The summed E-state index contributed by atoms with van der Waals surface area (Å²) in [6, 6.07) is 3.99. The van der Waals surface area contributed by atoms with Crippen molar-refractivity contribution in [3.05, 3.63) is 64.0 Å². The van der Waals surface area contributed by atoms with Crippen LogP contribution in [0.25, 0.3) is 0 Å². The molecule has 3 fully saturated rings. The van der Waals surface area contributed by atoms with Crippen LogP contribution in [-0.2, 0) is 19.2 Å². The number of hydrogen-bond acceptors (Lipinski definition) is 6. The molecule has 4 N–H and O–H groups in total. The summed E-state index contributed by atoms with van der Waals surface area (Å²) in [4.78, 5) is 17.8. The molecule has 12 heteroatoms. The molecule has 2 heterocycles. The largest absolute Gasteiger partial charge is 0.394 e. The van der Waals surface area contributed by atoms with Crippen molar-refractivity contribution in [2.24, 2.45) is 18.9 Å². The monoisotopic (exact) mass is 603 g/mol. The van der Waals surface area contributed by atoms with Gasteiger partial charge in [0.1, 0.15) is 28.5 Å². The van der Waals surface area contributed by atoms with Crippen LogP contribution in [-0.4, -0.2) is 53.3 Å². The number of fused-ring (bicyclic) bond motifs is 1. The first-order chi connectivity index (χ1) is 20.1. The van der Waals surface area contributed by atoms with Crippen LogP contribution in [0.15, 0.2) is 24.5 Å². The first-order valence-electron chi connectivity index (χ1n) is 14.6. The highest BCUT2D eigenvalue weighted by Gasteiger charge is 2.53. The average molecular weight is 604 g/mol. The van der Waals surface area contributed by atoms with Crippen LogP contribution >= 0.6 is 11.6 Å². The SMILES string of the molecule is Cn1cnc(C2CC3CC(O)(c4c(F)c(C5CCC(O)CC5)nn4CCO)CC3C2)c1C(=O)Nc1ccc(F)c(Cl)c1. The van der Waals surface area contributed by atoms with Crippen molar-refractivity contribution < 1.29 is 28.9 Å². The Morgan fingerprint density at radius 1 is 1.12 bits per heavy atom. The number of hydrogen-bond donors (Lipinski definition) is 4. The van der Waals surface area contributed by atoms with Gasteiger partial charge in [0.05, 0.1) is 36.3 Å². The molecule has 3 aromatic rings. The lowest BCUT2D eigenvalue weighted by Crippen LogP contribution is -2.29. The number of nitrogens with one attached hydrogen (secondary N) is 1. The highest BCUT2D eigenvalue weighted by Crippen LogP contribution is 2.57. The number of imidazole rings is 1. The van der Waals surface area contributed by atoms with Gasteiger partial charge in [-0.05, 0) is 81.4 Å². The number of anilines is 1. The van der Waals surface area contributed by atoms with E-state index < -0.39 is 17.2 Å². The third-order valence-electron chi connectivity index (χ3n) is 9.54. The van der Waals surface area contributed by atoms with Gasteiger partial charge in [-0.1, -0.05) is 11.6 Å². The third kappa shape index (κ3) is 5.25. The van der Waals surface area contributed by atoms with Crippen molar-refractivity contribution in [1.82, 2.24) is 19.3 Å². The Labute approximate surface area is 247 Å². The van der Waals surface area contributed by atoms with Crippen molar-refractivity contribution in [3.8, 4) is 0 Å². The Balaban J connectivity index is 1.20. The predicted octanol–water partition coefficient (Wildman–Crippen LogP) is 4.60. The number of aliphatic hydroxyl groups is 3. The van der Waals surface area contributed by atoms with Crippen molar-refractivity contribution in [3.63, 3.8) is 0 Å². The molecular formula is C30H36ClF2N5O4. The minimum absolute atomic E-state index is 0.0141. The van der Waals surface area contributed by atoms with Gasteiger partial charge in [0.25, 0.3) is 5.91 Å². The topological polar surface area (TPSA) is 125 Å². The van der Waals surface area contributed by atoms with E-state index in [1.807, 2.05) is 0 Å². The van der Waals surface area contributed by atoms with Gasteiger partial charge in [0.15, 0.2) is 5.82 Å². The second-order valence-electron chi connectivity index (χ2n) is 12.3. The number of nitrogens with zero attached hydrogens (tertiary/aromatic N) is 4. The fraction of sp³-hybridized carbons (Fsp3) is 0.567. The first kappa shape index (κ1) is 29.2. The number of halogens is 3. The number of aryl methyl sites for hydroxylation is 1. The molecule has 3 aliphatic rings. The van der Waals surface area contributed by atoms with E-state index in [4.69, 9.17) is 11.6 Å². The molecule has 3 aliphatic carbocycles. The number of carbonyl (C=O) groups excluding carboxylic acids is 1. The highest BCUT2D eigenvalue weighted by atomic mass is 35.5. The summed E-state index contributed by atoms with van der Waals surface area (Å²) in [7, 11) is 1.74. The van der Waals surface area contributed by atoms with Gasteiger partial charge in [0, 0.05) is 24.6 Å². The number of aromatic nitrogens is 4. The van der Waals surface area contributed by atoms with Crippen LogP contribution < -0.4 is 5.32 Å². The van der Waals surface area contributed by atoms with Gasteiger partial charge in [-0.2, -0.15) is 5.10 Å². The smallest absolute Gasteiger partial charge is 0.274 e. The maximum atomic E-state index is 16.0. The summed E-state index contributed by atoms with van der Waals surface area (Å²) in [6.45, 7) is -0.135. The third-order valence-corrected chi connectivity index (χ3v) is 9.83. The van der Waals surface area contributed by atoms with Crippen molar-refractivity contribution in [1.29, 1.82) is 0 Å². The van der Waals surface area contributed by atoms with E-state index in [0.717, 1.165) is 0 Å². The summed E-state index contributed by atoms with van der Waals surface area (Å²) in [5, 5.41) is 38.7. The lowest BCUT2D eigenvalue weighted by molar-refractivity contribution is 0.0208. The normalized spacial score (nSPS) is 29.2. The van der Waals surface area contributed by atoms with E-state index in [-0.39, 0.29) is 59.6 Å². The van der Waals surface area contributed by atoms with Crippen LogP contribution in [0, 0.1) is 23.5 Å². The standard InChI is InChI=1S/C30H36ClF2N5O4/c1-37-15-34-26(27(37)29(41)35-20-4-7-23(32)22(31)12-20)17-10-18-13-30(42,14-19(18)11-17)28-24(33)25(36-38(28)8-9-39)16-2-5-21(40)6-3-16/h4,7,12,15-19,21,39-40,42H,2-3,5-6,8-11,13-14H2,1H3,(H,35,41). The Morgan fingerprint density at radius 2 is 1.81 bits per heavy atom. The van der Waals surface area contributed by atoms with E-state index in [9.17, 15) is 24.5 Å². The van der Waals surface area contributed by atoms with Gasteiger partial charge in [0.2, 0.25) is 0 Å². The maximum Gasteiger partial charge on any atom is 0.274 e. The van der Waals surface area contributed by atoms with Gasteiger partial charge in [-0.15, -0.1) is 0 Å². The van der Waals surface area contributed by atoms with Crippen molar-refractivity contribution in [2.75, 3.05) is 11.9 Å². The summed E-state index contributed by atoms with van der Waals surface area (Å²) >= 11 is 5.88. The molecule has 0 radical (unpaired) electrons. The molecule has 2 unspecified atom stereocenters. The van der Waals surface area contributed by atoms with E-state index in [1.54, 1.807) is 17.9 Å². The Kier molecular flexibility index (Phi) is 7.88. The minimum atomic E-state index is -1.41. The second kappa shape index (κ2) is 11.3. The molecule has 6 rings (SSSR count). The fourth-order valence-corrected chi connectivity index (χ4v) is 7.82. The lowest BCUT2D eigenvalue weighted by atomic mass is 9.84. The fourth-order valence-electron chi connectivity index (χ4n) is 7.64. The number of carbonyl (C=O) groups is 1. The zero-order valence-corrected chi connectivity index (χ0v) is 24.2. The number of amides is 1. The molecule has 0 bridgehead atoms. The van der Waals surface area contributed by atoms with Crippen LogP contribution in [0.3, 0.4) is 0 Å². The highest BCUT2D eigenvalue weighted by molar-refractivity contribution is 6.31. The second-order valence-corrected chi connectivity index (χ2v) is 12.7. The Morgan fingerprint density at radius 3 is 2.45 bits per heavy atom. The van der Waals surface area contributed by atoms with Gasteiger partial charge < -0.3 is 25.2 Å². The first-order valence-corrected chi connectivity index (χ1v) is 15.0.